The Morgan fingerprint density at radius 3 is 2.63 bits per heavy atom. The summed E-state index contributed by atoms with van der Waals surface area (Å²) in [5, 5.41) is 3.16. The van der Waals surface area contributed by atoms with Crippen molar-refractivity contribution in [1.82, 2.24) is 5.32 Å². The van der Waals surface area contributed by atoms with Crippen molar-refractivity contribution in [3.8, 4) is 0 Å². The quantitative estimate of drug-likeness (QED) is 0.878. The van der Waals surface area contributed by atoms with E-state index in [0.717, 1.165) is 24.0 Å². The molecule has 0 heterocycles. The molecule has 104 valence electrons. The van der Waals surface area contributed by atoms with Crippen LogP contribution in [0.2, 0.25) is 0 Å². The van der Waals surface area contributed by atoms with E-state index < -0.39 is 0 Å². The molecule has 0 spiro atoms. The van der Waals surface area contributed by atoms with Gasteiger partial charge >= 0.3 is 0 Å². The molecule has 19 heavy (non-hydrogen) atoms. The third-order valence-corrected chi connectivity index (χ3v) is 3.99. The fourth-order valence-corrected chi connectivity index (χ4v) is 2.88. The van der Waals surface area contributed by atoms with Gasteiger partial charge in [0, 0.05) is 18.2 Å². The van der Waals surface area contributed by atoms with Crippen molar-refractivity contribution in [2.24, 2.45) is 11.1 Å². The summed E-state index contributed by atoms with van der Waals surface area (Å²) in [7, 11) is 0. The highest BCUT2D eigenvalue weighted by Gasteiger charge is 2.28. The zero-order valence-electron chi connectivity index (χ0n) is 11.9. The molecule has 0 saturated heterocycles. The van der Waals surface area contributed by atoms with Gasteiger partial charge in [-0.05, 0) is 42.4 Å². The van der Waals surface area contributed by atoms with Crippen molar-refractivity contribution < 1.29 is 4.79 Å². The molecule has 1 aliphatic rings. The molecule has 0 aliphatic heterocycles. The van der Waals surface area contributed by atoms with Crippen molar-refractivity contribution in [2.45, 2.75) is 52.1 Å². The van der Waals surface area contributed by atoms with Gasteiger partial charge in [-0.2, -0.15) is 0 Å². The van der Waals surface area contributed by atoms with Crippen molar-refractivity contribution in [1.29, 1.82) is 0 Å². The number of hydrogen-bond acceptors (Lipinski definition) is 2. The topological polar surface area (TPSA) is 55.1 Å². The van der Waals surface area contributed by atoms with Crippen LogP contribution in [0, 0.1) is 5.41 Å². The number of amides is 1. The second-order valence-corrected chi connectivity index (χ2v) is 6.33. The summed E-state index contributed by atoms with van der Waals surface area (Å²) in [6, 6.07) is 7.85. The molecule has 3 N–H and O–H groups in total. The van der Waals surface area contributed by atoms with Gasteiger partial charge in [0.15, 0.2) is 0 Å². The minimum atomic E-state index is 0.0336. The van der Waals surface area contributed by atoms with Crippen LogP contribution >= 0.6 is 0 Å². The van der Waals surface area contributed by atoms with Gasteiger partial charge in [0.25, 0.3) is 5.91 Å². The van der Waals surface area contributed by atoms with Crippen molar-refractivity contribution in [3.63, 3.8) is 0 Å². The SMILES string of the molecule is CC1(C)CCCC(NC(=O)c2ccc(CN)cc2)C1. The molecule has 1 amide bonds. The first-order valence-electron chi connectivity index (χ1n) is 7.10. The molecule has 3 heteroatoms. The van der Waals surface area contributed by atoms with Gasteiger partial charge in [0.05, 0.1) is 0 Å². The molecular formula is C16H24N2O. The lowest BCUT2D eigenvalue weighted by Gasteiger charge is -2.35. The monoisotopic (exact) mass is 260 g/mol. The lowest BCUT2D eigenvalue weighted by atomic mass is 9.75. The molecule has 1 fully saturated rings. The Hall–Kier alpha value is -1.35. The molecule has 0 bridgehead atoms. The van der Waals surface area contributed by atoms with E-state index in [1.54, 1.807) is 0 Å². The Bertz CT molecular complexity index is 437. The van der Waals surface area contributed by atoms with Crippen molar-refractivity contribution in [3.05, 3.63) is 35.4 Å². The maximum atomic E-state index is 12.2. The van der Waals surface area contributed by atoms with Crippen molar-refractivity contribution >= 4 is 5.91 Å². The molecule has 0 radical (unpaired) electrons. The number of carbonyl (C=O) groups is 1. The third-order valence-electron chi connectivity index (χ3n) is 3.99. The van der Waals surface area contributed by atoms with E-state index in [1.807, 2.05) is 24.3 Å². The Balaban J connectivity index is 1.96. The van der Waals surface area contributed by atoms with Crippen LogP contribution in [-0.4, -0.2) is 11.9 Å². The molecular weight excluding hydrogens is 236 g/mol. The zero-order valence-corrected chi connectivity index (χ0v) is 11.9. The summed E-state index contributed by atoms with van der Waals surface area (Å²) in [4.78, 5) is 12.2. The summed E-state index contributed by atoms with van der Waals surface area (Å²) >= 11 is 0. The number of hydrogen-bond donors (Lipinski definition) is 2. The molecule has 1 aromatic carbocycles. The molecule has 2 rings (SSSR count). The van der Waals surface area contributed by atoms with Crippen LogP contribution in [0.15, 0.2) is 24.3 Å². The van der Waals surface area contributed by atoms with E-state index in [2.05, 4.69) is 19.2 Å². The van der Waals surface area contributed by atoms with E-state index in [4.69, 9.17) is 5.73 Å². The first kappa shape index (κ1) is 14.1. The van der Waals surface area contributed by atoms with Crippen LogP contribution in [0.25, 0.3) is 0 Å². The molecule has 3 nitrogen and oxygen atoms in total. The molecule has 1 atom stereocenters. The highest BCUT2D eigenvalue weighted by molar-refractivity contribution is 5.94. The van der Waals surface area contributed by atoms with Crippen LogP contribution in [-0.2, 0) is 6.54 Å². The summed E-state index contributed by atoms with van der Waals surface area (Å²) in [5.41, 5.74) is 7.68. The van der Waals surface area contributed by atoms with Crippen LogP contribution in [0.1, 0.15) is 55.5 Å². The average Bonchev–Trinajstić information content (AvgIpc) is 2.37. The van der Waals surface area contributed by atoms with Gasteiger partial charge in [-0.25, -0.2) is 0 Å². The summed E-state index contributed by atoms with van der Waals surface area (Å²) in [5.74, 6) is 0.0336. The molecule has 1 saturated carbocycles. The minimum Gasteiger partial charge on any atom is -0.349 e. The van der Waals surface area contributed by atoms with Gasteiger partial charge in [-0.1, -0.05) is 32.4 Å². The van der Waals surface area contributed by atoms with Gasteiger partial charge < -0.3 is 11.1 Å². The normalized spacial score (nSPS) is 21.9. The van der Waals surface area contributed by atoms with E-state index in [-0.39, 0.29) is 5.91 Å². The highest BCUT2D eigenvalue weighted by Crippen LogP contribution is 2.35. The fourth-order valence-electron chi connectivity index (χ4n) is 2.88. The maximum absolute atomic E-state index is 12.2. The van der Waals surface area contributed by atoms with Gasteiger partial charge in [0.1, 0.15) is 0 Å². The second kappa shape index (κ2) is 5.74. The smallest absolute Gasteiger partial charge is 0.251 e. The lowest BCUT2D eigenvalue weighted by molar-refractivity contribution is 0.0902. The molecule has 1 aliphatic carbocycles. The zero-order chi connectivity index (χ0) is 13.9. The van der Waals surface area contributed by atoms with E-state index in [1.165, 1.54) is 12.8 Å². The Morgan fingerprint density at radius 1 is 1.37 bits per heavy atom. The van der Waals surface area contributed by atoms with Crippen LogP contribution in [0.5, 0.6) is 0 Å². The Kier molecular flexibility index (Phi) is 4.25. The van der Waals surface area contributed by atoms with Crippen LogP contribution in [0.3, 0.4) is 0 Å². The van der Waals surface area contributed by atoms with Crippen molar-refractivity contribution in [2.75, 3.05) is 0 Å². The van der Waals surface area contributed by atoms with Crippen LogP contribution in [0.4, 0.5) is 0 Å². The lowest BCUT2D eigenvalue weighted by Crippen LogP contribution is -2.40. The van der Waals surface area contributed by atoms with Crippen LogP contribution < -0.4 is 11.1 Å². The number of rotatable bonds is 3. The average molecular weight is 260 g/mol. The molecule has 1 aromatic rings. The first-order chi connectivity index (χ1) is 9.00. The number of benzene rings is 1. The summed E-state index contributed by atoms with van der Waals surface area (Å²) < 4.78 is 0. The fraction of sp³-hybridized carbons (Fsp3) is 0.562. The predicted octanol–water partition coefficient (Wildman–Crippen LogP) is 2.84. The van der Waals surface area contributed by atoms with Gasteiger partial charge in [-0.15, -0.1) is 0 Å². The maximum Gasteiger partial charge on any atom is 0.251 e. The number of nitrogens with one attached hydrogen (secondary N) is 1. The number of nitrogens with two attached hydrogens (primary N) is 1. The largest absolute Gasteiger partial charge is 0.349 e. The molecule has 0 aromatic heterocycles. The van der Waals surface area contributed by atoms with Gasteiger partial charge in [-0.3, -0.25) is 4.79 Å². The highest BCUT2D eigenvalue weighted by atomic mass is 16.1. The van der Waals surface area contributed by atoms with E-state index in [9.17, 15) is 4.79 Å². The summed E-state index contributed by atoms with van der Waals surface area (Å²) in [6.07, 6.45) is 4.62. The van der Waals surface area contributed by atoms with E-state index >= 15 is 0 Å². The second-order valence-electron chi connectivity index (χ2n) is 6.33. The third kappa shape index (κ3) is 3.80. The Labute approximate surface area is 115 Å². The van der Waals surface area contributed by atoms with E-state index in [0.29, 0.717) is 18.0 Å². The summed E-state index contributed by atoms with van der Waals surface area (Å²) in [6.45, 7) is 5.07. The number of carbonyl (C=O) groups excluding carboxylic acids is 1. The predicted molar refractivity (Wildman–Crippen MR) is 77.8 cm³/mol. The minimum absolute atomic E-state index is 0.0336. The molecule has 1 unspecified atom stereocenters. The first-order valence-corrected chi connectivity index (χ1v) is 7.10. The Morgan fingerprint density at radius 2 is 2.05 bits per heavy atom. The van der Waals surface area contributed by atoms with Gasteiger partial charge in [0.2, 0.25) is 0 Å². The standard InChI is InChI=1S/C16H24N2O/c1-16(2)9-3-4-14(10-16)18-15(19)13-7-5-12(11-17)6-8-13/h5-8,14H,3-4,9-11,17H2,1-2H3,(H,18,19).